The van der Waals surface area contributed by atoms with Gasteiger partial charge in [-0.15, -0.1) is 0 Å². The summed E-state index contributed by atoms with van der Waals surface area (Å²) in [7, 11) is -13.0. The van der Waals surface area contributed by atoms with Crippen LogP contribution in [0.3, 0.4) is 0 Å². The van der Waals surface area contributed by atoms with E-state index >= 15 is 0 Å². The number of phosphoric acid groups is 2. The summed E-state index contributed by atoms with van der Waals surface area (Å²) in [4.78, 5) is 66.4. The van der Waals surface area contributed by atoms with E-state index in [2.05, 4.69) is 29.9 Å². The fraction of sp³-hybridized carbons (Fsp3) is 0.655. The molecular weight excluding hydrogens is 786 g/mol. The van der Waals surface area contributed by atoms with Crippen LogP contribution in [0.2, 0.25) is 18.1 Å². The maximum Gasteiger partial charge on any atom is 0.472 e. The molecule has 0 bridgehead atoms. The number of hydrogen-bond acceptors (Lipinski definition) is 17. The number of aliphatic hydroxyl groups excluding tert-OH is 1. The van der Waals surface area contributed by atoms with Gasteiger partial charge in [0.25, 0.3) is 5.56 Å². The van der Waals surface area contributed by atoms with Gasteiger partial charge in [0.15, 0.2) is 43.4 Å². The Labute approximate surface area is 313 Å². The topological polar surface area (TPSA) is 330 Å². The van der Waals surface area contributed by atoms with Gasteiger partial charge >= 0.3 is 15.6 Å². The summed E-state index contributed by atoms with van der Waals surface area (Å²) < 4.78 is 64.5. The summed E-state index contributed by atoms with van der Waals surface area (Å²) in [6.45, 7) is 10.2. The molecule has 6 heterocycles. The molecule has 0 amide bonds. The summed E-state index contributed by atoms with van der Waals surface area (Å²) in [5, 5.41) is 11.0. The Kier molecular flexibility index (Phi) is 9.97. The number of imidazole rings is 2. The van der Waals surface area contributed by atoms with E-state index in [1.54, 1.807) is 0 Å². The van der Waals surface area contributed by atoms with E-state index < -0.39 is 96.2 Å². The normalized spacial score (nSPS) is 31.2. The fourth-order valence-electron chi connectivity index (χ4n) is 7.18. The molecule has 1 saturated carbocycles. The molecule has 9 unspecified atom stereocenters. The molecule has 9 N–H and O–H groups in total. The van der Waals surface area contributed by atoms with Gasteiger partial charge in [0.05, 0.1) is 25.9 Å². The van der Waals surface area contributed by atoms with Crippen LogP contribution in [0.15, 0.2) is 23.8 Å². The van der Waals surface area contributed by atoms with Crippen molar-refractivity contribution in [3.05, 3.63) is 29.3 Å². The number of rotatable bonds is 12. The van der Waals surface area contributed by atoms with Crippen LogP contribution in [0.25, 0.3) is 22.3 Å². The summed E-state index contributed by atoms with van der Waals surface area (Å²) >= 11 is 0. The van der Waals surface area contributed by atoms with Crippen LogP contribution in [-0.2, 0) is 36.6 Å². The molecular formula is C29H44N10O13P2Si. The molecule has 0 radical (unpaired) electrons. The van der Waals surface area contributed by atoms with Crippen molar-refractivity contribution in [2.45, 2.75) is 94.7 Å². The molecule has 2 saturated heterocycles. The monoisotopic (exact) mass is 830 g/mol. The minimum absolute atomic E-state index is 0.0837. The van der Waals surface area contributed by atoms with E-state index in [1.807, 2.05) is 40.8 Å². The largest absolute Gasteiger partial charge is 0.472 e. The molecule has 2 aliphatic heterocycles. The first-order valence-corrected chi connectivity index (χ1v) is 23.2. The highest BCUT2D eigenvalue weighted by Gasteiger charge is 2.66. The summed E-state index contributed by atoms with van der Waals surface area (Å²) in [5.74, 6) is -0.895. The Morgan fingerprint density at radius 1 is 1.02 bits per heavy atom. The second-order valence-electron chi connectivity index (χ2n) is 15.6. The predicted molar refractivity (Wildman–Crippen MR) is 193 cm³/mol. The number of nitrogens with two attached hydrogens (primary N) is 2. The van der Waals surface area contributed by atoms with Crippen molar-refractivity contribution < 1.29 is 56.4 Å². The average Bonchev–Trinajstić information content (AvgIpc) is 3.81. The van der Waals surface area contributed by atoms with Gasteiger partial charge < -0.3 is 45.2 Å². The first-order valence-electron chi connectivity index (χ1n) is 17.2. The van der Waals surface area contributed by atoms with E-state index in [0.717, 1.165) is 0 Å². The molecule has 55 heavy (non-hydrogen) atoms. The van der Waals surface area contributed by atoms with Crippen molar-refractivity contribution in [2.75, 3.05) is 24.7 Å². The second-order valence-corrected chi connectivity index (χ2v) is 23.0. The molecule has 302 valence electrons. The summed E-state index contributed by atoms with van der Waals surface area (Å²) in [5.41, 5.74) is 10.3. The molecule has 7 rings (SSSR count). The van der Waals surface area contributed by atoms with Crippen LogP contribution in [0.5, 0.6) is 0 Å². The Bertz CT molecular complexity index is 2260. The SMILES string of the molecule is C[C@H]1CC2C(O)C(n3cnc4c(N)ncnc43)OC21COP(=O)(O)OC1C(O[Si](C)(C)C(C)(C)C)C(COP(=O)(O)O)OC1n1cnc2c(=O)[nH]c(N)nc21. The van der Waals surface area contributed by atoms with Gasteiger partial charge in [-0.1, -0.05) is 27.7 Å². The van der Waals surface area contributed by atoms with Crippen LogP contribution in [0.4, 0.5) is 11.8 Å². The minimum atomic E-state index is -5.14. The number of hydrogen-bond donors (Lipinski definition) is 7. The Hall–Kier alpha value is -3.22. The third kappa shape index (κ3) is 7.17. The number of nitrogens with one attached hydrogen (secondary N) is 1. The van der Waals surface area contributed by atoms with Crippen molar-refractivity contribution >= 4 is 58.1 Å². The number of aromatic amines is 1. The highest BCUT2D eigenvalue weighted by atomic mass is 31.2. The van der Waals surface area contributed by atoms with E-state index in [1.165, 1.54) is 28.1 Å². The van der Waals surface area contributed by atoms with E-state index in [4.69, 9.17) is 38.9 Å². The van der Waals surface area contributed by atoms with Crippen molar-refractivity contribution in [2.24, 2.45) is 11.8 Å². The third-order valence-electron chi connectivity index (χ3n) is 11.1. The van der Waals surface area contributed by atoms with Gasteiger partial charge in [-0.25, -0.2) is 29.1 Å². The number of ether oxygens (including phenoxy) is 2. The quantitative estimate of drug-likeness (QED) is 0.0781. The zero-order chi connectivity index (χ0) is 40.0. The molecule has 3 fully saturated rings. The molecule has 1 aliphatic carbocycles. The van der Waals surface area contributed by atoms with Crippen LogP contribution in [-0.4, -0.2) is 110 Å². The highest BCUT2D eigenvalue weighted by molar-refractivity contribution is 7.47. The van der Waals surface area contributed by atoms with E-state index in [0.29, 0.717) is 17.6 Å². The lowest BCUT2D eigenvalue weighted by Gasteiger charge is -2.49. The second kappa shape index (κ2) is 13.7. The van der Waals surface area contributed by atoms with Gasteiger partial charge in [-0.05, 0) is 30.5 Å². The minimum Gasteiger partial charge on any atom is -0.408 e. The molecule has 26 heteroatoms. The van der Waals surface area contributed by atoms with Gasteiger partial charge in [0.1, 0.15) is 41.9 Å². The van der Waals surface area contributed by atoms with Gasteiger partial charge in [0, 0.05) is 5.92 Å². The van der Waals surface area contributed by atoms with Crippen LogP contribution in [0.1, 0.15) is 46.6 Å². The zero-order valence-corrected chi connectivity index (χ0v) is 33.4. The van der Waals surface area contributed by atoms with Crippen LogP contribution < -0.4 is 17.0 Å². The third-order valence-corrected chi connectivity index (χ3v) is 17.1. The lowest BCUT2D eigenvalue weighted by Crippen LogP contribution is -2.57. The molecule has 4 aromatic heterocycles. The average molecular weight is 831 g/mol. The first-order chi connectivity index (χ1) is 25.5. The number of anilines is 2. The van der Waals surface area contributed by atoms with E-state index in [-0.39, 0.29) is 28.8 Å². The first kappa shape index (κ1) is 40.0. The number of H-pyrrole nitrogens is 1. The van der Waals surface area contributed by atoms with Crippen molar-refractivity contribution in [3.63, 3.8) is 0 Å². The summed E-state index contributed by atoms with van der Waals surface area (Å²) in [6.07, 6.45) is -3.35. The van der Waals surface area contributed by atoms with Crippen molar-refractivity contribution in [1.82, 2.24) is 39.0 Å². The number of fused-ring (bicyclic) bond motifs is 3. The lowest BCUT2D eigenvalue weighted by atomic mass is 9.61. The van der Waals surface area contributed by atoms with Crippen molar-refractivity contribution in [1.29, 1.82) is 0 Å². The van der Waals surface area contributed by atoms with Crippen LogP contribution in [0, 0.1) is 11.8 Å². The maximum atomic E-state index is 14.1. The Morgan fingerprint density at radius 3 is 2.35 bits per heavy atom. The molecule has 0 spiro atoms. The predicted octanol–water partition coefficient (Wildman–Crippen LogP) is 1.31. The molecule has 3 aliphatic rings. The molecule has 23 nitrogen and oxygen atoms in total. The Morgan fingerprint density at radius 2 is 1.69 bits per heavy atom. The maximum absolute atomic E-state index is 14.1. The smallest absolute Gasteiger partial charge is 0.408 e. The molecule has 4 aromatic rings. The highest BCUT2D eigenvalue weighted by Crippen LogP contribution is 2.60. The molecule has 0 aromatic carbocycles. The van der Waals surface area contributed by atoms with Gasteiger partial charge in [-0.3, -0.25) is 32.5 Å². The number of phosphoric ester groups is 2. The number of nitrogen functional groups attached to an aromatic ring is 2. The fourth-order valence-corrected chi connectivity index (χ4v) is 9.79. The zero-order valence-electron chi connectivity index (χ0n) is 30.6. The molecule has 10 atom stereocenters. The number of aromatic nitrogens is 8. The van der Waals surface area contributed by atoms with E-state index in [9.17, 15) is 33.7 Å². The van der Waals surface area contributed by atoms with Gasteiger partial charge in [-0.2, -0.15) is 4.98 Å². The Balaban J connectivity index is 1.21. The number of nitrogens with zero attached hydrogens (tertiary/aromatic N) is 7. The lowest BCUT2D eigenvalue weighted by molar-refractivity contribution is -0.182. The number of aliphatic hydroxyl groups is 1. The van der Waals surface area contributed by atoms with Crippen molar-refractivity contribution in [3.8, 4) is 0 Å². The summed E-state index contributed by atoms with van der Waals surface area (Å²) in [6, 6.07) is 0. The standard InChI is InChI=1S/C29H44N10O13P2Si/c1-13-7-14-18(40)25(38-11-34-16-21(30)32-10-33-22(16)38)50-29(13,14)9-48-54(45,46)51-20-19(52-55(5,6)28(2,3)4)15(8-47-53(42,43)44)49-26(20)39-12-35-17-23(39)36-27(31)37-24(17)41/h10-15,18-20,25-26,40H,7-9H2,1-6H3,(H,45,46)(H2,30,32,33)(H2,42,43,44)(H3,31,36,37,41)/t13-,14?,15?,18?,19?,20?,25?,26?,29?/m0/s1. The van der Waals surface area contributed by atoms with Crippen LogP contribution >= 0.6 is 15.6 Å². The van der Waals surface area contributed by atoms with Gasteiger partial charge in [0.2, 0.25) is 5.95 Å².